The normalized spacial score (nSPS) is 10.6. The standard InChI is InChI=1S/C19H18ClFN4S/c1-12-3-8-17(13(2)9-12)22-19(26)23-18-16(20)11-25(24-18)10-14-4-6-15(21)7-5-14/h3-9,11H,10H2,1-2H3,(H2,22,23,24,26). The fourth-order valence-corrected chi connectivity index (χ4v) is 2.96. The van der Waals surface area contributed by atoms with Crippen LogP contribution in [0.2, 0.25) is 5.02 Å². The second-order valence-corrected chi connectivity index (χ2v) is 6.86. The lowest BCUT2D eigenvalue weighted by molar-refractivity contribution is 0.624. The van der Waals surface area contributed by atoms with Gasteiger partial charge in [-0.1, -0.05) is 41.4 Å². The molecule has 26 heavy (non-hydrogen) atoms. The summed E-state index contributed by atoms with van der Waals surface area (Å²) in [5.41, 5.74) is 4.14. The van der Waals surface area contributed by atoms with Crippen LogP contribution in [0, 0.1) is 19.7 Å². The monoisotopic (exact) mass is 388 g/mol. The Bertz CT molecular complexity index is 937. The number of benzene rings is 2. The number of nitrogens with one attached hydrogen (secondary N) is 2. The van der Waals surface area contributed by atoms with Gasteiger partial charge < -0.3 is 10.6 Å². The molecule has 1 heterocycles. The lowest BCUT2D eigenvalue weighted by Gasteiger charge is -2.12. The number of nitrogens with zero attached hydrogens (tertiary/aromatic N) is 2. The molecule has 1 aromatic heterocycles. The SMILES string of the molecule is Cc1ccc(NC(=S)Nc2nn(Cc3ccc(F)cc3)cc2Cl)c(C)c1. The predicted octanol–water partition coefficient (Wildman–Crippen LogP) is 5.15. The summed E-state index contributed by atoms with van der Waals surface area (Å²) < 4.78 is 14.7. The highest BCUT2D eigenvalue weighted by Crippen LogP contribution is 2.21. The van der Waals surface area contributed by atoms with E-state index in [4.69, 9.17) is 23.8 Å². The van der Waals surface area contributed by atoms with Crippen LogP contribution in [-0.2, 0) is 6.54 Å². The molecule has 7 heteroatoms. The van der Waals surface area contributed by atoms with E-state index in [1.807, 2.05) is 26.0 Å². The van der Waals surface area contributed by atoms with E-state index in [1.54, 1.807) is 23.0 Å². The molecule has 3 aromatic rings. The van der Waals surface area contributed by atoms with E-state index in [0.29, 0.717) is 22.5 Å². The molecule has 0 saturated carbocycles. The summed E-state index contributed by atoms with van der Waals surface area (Å²) in [5, 5.41) is 11.4. The van der Waals surface area contributed by atoms with E-state index in [1.165, 1.54) is 17.7 Å². The van der Waals surface area contributed by atoms with Gasteiger partial charge >= 0.3 is 0 Å². The molecule has 2 aromatic carbocycles. The van der Waals surface area contributed by atoms with Crippen molar-refractivity contribution in [2.45, 2.75) is 20.4 Å². The highest BCUT2D eigenvalue weighted by atomic mass is 35.5. The molecule has 0 spiro atoms. The Morgan fingerprint density at radius 3 is 2.58 bits per heavy atom. The first-order chi connectivity index (χ1) is 12.4. The van der Waals surface area contributed by atoms with Crippen molar-refractivity contribution in [2.75, 3.05) is 10.6 Å². The van der Waals surface area contributed by atoms with Gasteiger partial charge in [-0.2, -0.15) is 5.10 Å². The van der Waals surface area contributed by atoms with Gasteiger partial charge in [0.1, 0.15) is 10.8 Å². The number of aromatic nitrogens is 2. The van der Waals surface area contributed by atoms with Gasteiger partial charge in [0.15, 0.2) is 10.9 Å². The second-order valence-electron chi connectivity index (χ2n) is 6.05. The van der Waals surface area contributed by atoms with Crippen LogP contribution < -0.4 is 10.6 Å². The molecule has 0 fully saturated rings. The van der Waals surface area contributed by atoms with Gasteiger partial charge in [0.2, 0.25) is 0 Å². The highest BCUT2D eigenvalue weighted by molar-refractivity contribution is 7.80. The Hall–Kier alpha value is -2.44. The summed E-state index contributed by atoms with van der Waals surface area (Å²) >= 11 is 11.6. The molecule has 0 amide bonds. The van der Waals surface area contributed by atoms with E-state index in [-0.39, 0.29) is 5.82 Å². The lowest BCUT2D eigenvalue weighted by Crippen LogP contribution is -2.20. The van der Waals surface area contributed by atoms with Crippen LogP contribution in [0.5, 0.6) is 0 Å². The molecule has 3 rings (SSSR count). The molecule has 0 aliphatic heterocycles. The van der Waals surface area contributed by atoms with Crippen molar-refractivity contribution in [3.05, 3.63) is 76.2 Å². The fraction of sp³-hybridized carbons (Fsp3) is 0.158. The zero-order valence-electron chi connectivity index (χ0n) is 14.4. The molecule has 0 unspecified atom stereocenters. The summed E-state index contributed by atoms with van der Waals surface area (Å²) in [4.78, 5) is 0. The number of hydrogen-bond donors (Lipinski definition) is 2. The van der Waals surface area contributed by atoms with E-state index in [9.17, 15) is 4.39 Å². The predicted molar refractivity (Wildman–Crippen MR) is 108 cm³/mol. The minimum absolute atomic E-state index is 0.266. The number of anilines is 2. The van der Waals surface area contributed by atoms with Gasteiger partial charge in [0.25, 0.3) is 0 Å². The summed E-state index contributed by atoms with van der Waals surface area (Å²) in [7, 11) is 0. The van der Waals surface area contributed by atoms with Crippen LogP contribution in [0.4, 0.5) is 15.9 Å². The molecule has 0 bridgehead atoms. The first-order valence-electron chi connectivity index (χ1n) is 8.03. The van der Waals surface area contributed by atoms with E-state index < -0.39 is 0 Å². The molecule has 0 aliphatic rings. The maximum Gasteiger partial charge on any atom is 0.176 e. The van der Waals surface area contributed by atoms with Gasteiger partial charge in [-0.25, -0.2) is 4.39 Å². The third kappa shape index (κ3) is 4.59. The van der Waals surface area contributed by atoms with Crippen LogP contribution in [0.3, 0.4) is 0 Å². The Balaban J connectivity index is 1.67. The molecule has 0 radical (unpaired) electrons. The number of halogens is 2. The van der Waals surface area contributed by atoms with Gasteiger partial charge in [-0.05, 0) is 55.4 Å². The van der Waals surface area contributed by atoms with E-state index in [2.05, 4.69) is 21.8 Å². The van der Waals surface area contributed by atoms with Crippen LogP contribution in [0.25, 0.3) is 0 Å². The highest BCUT2D eigenvalue weighted by Gasteiger charge is 2.10. The first-order valence-corrected chi connectivity index (χ1v) is 8.82. The molecule has 0 saturated heterocycles. The number of thiocarbonyl (C=S) groups is 1. The zero-order valence-corrected chi connectivity index (χ0v) is 16.0. The Morgan fingerprint density at radius 1 is 1.15 bits per heavy atom. The lowest BCUT2D eigenvalue weighted by atomic mass is 10.1. The van der Waals surface area contributed by atoms with Crippen LogP contribution in [0.1, 0.15) is 16.7 Å². The minimum atomic E-state index is -0.266. The maximum atomic E-state index is 13.0. The van der Waals surface area contributed by atoms with E-state index >= 15 is 0 Å². The number of aryl methyl sites for hydroxylation is 2. The van der Waals surface area contributed by atoms with Crippen LogP contribution in [0.15, 0.2) is 48.7 Å². The third-order valence-electron chi connectivity index (χ3n) is 3.84. The van der Waals surface area contributed by atoms with Crippen molar-refractivity contribution in [2.24, 2.45) is 0 Å². The zero-order chi connectivity index (χ0) is 18.7. The molecule has 2 N–H and O–H groups in total. The summed E-state index contributed by atoms with van der Waals surface area (Å²) in [6.45, 7) is 4.54. The summed E-state index contributed by atoms with van der Waals surface area (Å²) in [5.74, 6) is 0.202. The van der Waals surface area contributed by atoms with Gasteiger partial charge in [-0.15, -0.1) is 0 Å². The van der Waals surface area contributed by atoms with Crippen molar-refractivity contribution < 1.29 is 4.39 Å². The average molecular weight is 389 g/mol. The number of rotatable bonds is 4. The van der Waals surface area contributed by atoms with Crippen molar-refractivity contribution in [3.63, 3.8) is 0 Å². The van der Waals surface area contributed by atoms with Gasteiger partial charge in [0, 0.05) is 11.9 Å². The Morgan fingerprint density at radius 2 is 1.88 bits per heavy atom. The van der Waals surface area contributed by atoms with Crippen molar-refractivity contribution in [3.8, 4) is 0 Å². The minimum Gasteiger partial charge on any atom is -0.332 e. The van der Waals surface area contributed by atoms with Crippen molar-refractivity contribution in [1.29, 1.82) is 0 Å². The number of hydrogen-bond acceptors (Lipinski definition) is 2. The van der Waals surface area contributed by atoms with Crippen LogP contribution in [-0.4, -0.2) is 14.9 Å². The molecular weight excluding hydrogens is 371 g/mol. The smallest absolute Gasteiger partial charge is 0.176 e. The van der Waals surface area contributed by atoms with Gasteiger partial charge in [0.05, 0.1) is 6.54 Å². The quantitative estimate of drug-likeness (QED) is 0.606. The third-order valence-corrected chi connectivity index (χ3v) is 4.32. The van der Waals surface area contributed by atoms with Crippen molar-refractivity contribution >= 4 is 40.4 Å². The largest absolute Gasteiger partial charge is 0.332 e. The second kappa shape index (κ2) is 7.85. The maximum absolute atomic E-state index is 13.0. The fourth-order valence-electron chi connectivity index (χ4n) is 2.55. The van der Waals surface area contributed by atoms with Crippen molar-refractivity contribution in [1.82, 2.24) is 9.78 Å². The molecule has 0 atom stereocenters. The average Bonchev–Trinajstić information content (AvgIpc) is 2.91. The molecule has 4 nitrogen and oxygen atoms in total. The van der Waals surface area contributed by atoms with E-state index in [0.717, 1.165) is 16.8 Å². The topological polar surface area (TPSA) is 41.9 Å². The summed E-state index contributed by atoms with van der Waals surface area (Å²) in [6, 6.07) is 12.3. The summed E-state index contributed by atoms with van der Waals surface area (Å²) in [6.07, 6.45) is 1.70. The Labute approximate surface area is 162 Å². The van der Waals surface area contributed by atoms with Crippen LogP contribution >= 0.6 is 23.8 Å². The molecule has 134 valence electrons. The van der Waals surface area contributed by atoms with Gasteiger partial charge in [-0.3, -0.25) is 4.68 Å². The first kappa shape index (κ1) is 18.4. The molecular formula is C19H18ClFN4S. The molecule has 0 aliphatic carbocycles. The Kier molecular flexibility index (Phi) is 5.54.